The van der Waals surface area contributed by atoms with E-state index in [2.05, 4.69) is 11.4 Å². The van der Waals surface area contributed by atoms with E-state index >= 15 is 0 Å². The smallest absolute Gasteiger partial charge is 0.240 e. The van der Waals surface area contributed by atoms with Gasteiger partial charge in [-0.2, -0.15) is 5.26 Å². The Labute approximate surface area is 114 Å². The first-order valence-corrected chi connectivity index (χ1v) is 8.05. The summed E-state index contributed by atoms with van der Waals surface area (Å²) >= 11 is 0. The predicted octanol–water partition coefficient (Wildman–Crippen LogP) is 0.468. The maximum absolute atomic E-state index is 12.1. The monoisotopic (exact) mass is 287 g/mol. The molecular formula is C12H21N3O3S. The number of hydrogen-bond donors (Lipinski definition) is 1. The van der Waals surface area contributed by atoms with Gasteiger partial charge in [0.1, 0.15) is 5.41 Å². The number of amides is 1. The zero-order valence-electron chi connectivity index (χ0n) is 11.5. The van der Waals surface area contributed by atoms with Gasteiger partial charge in [0.2, 0.25) is 15.9 Å². The zero-order valence-corrected chi connectivity index (χ0v) is 12.3. The normalized spacial score (nSPS) is 18.8. The molecule has 1 saturated carbocycles. The van der Waals surface area contributed by atoms with Crippen LogP contribution >= 0.6 is 0 Å². The standard InChI is InChI=1S/C12H21N3O3S/c1-15(2)19(17,18)9-8-14-11(16)12(10-13)6-4-3-5-7-12/h3-9H2,1-2H3,(H,14,16). The second kappa shape index (κ2) is 6.35. The van der Waals surface area contributed by atoms with Crippen molar-refractivity contribution in [2.75, 3.05) is 26.4 Å². The molecule has 0 saturated heterocycles. The van der Waals surface area contributed by atoms with E-state index in [-0.39, 0.29) is 18.2 Å². The van der Waals surface area contributed by atoms with Gasteiger partial charge in [0, 0.05) is 20.6 Å². The van der Waals surface area contributed by atoms with E-state index in [0.29, 0.717) is 12.8 Å². The van der Waals surface area contributed by atoms with Crippen LogP contribution < -0.4 is 5.32 Å². The van der Waals surface area contributed by atoms with Crippen molar-refractivity contribution in [3.63, 3.8) is 0 Å². The maximum atomic E-state index is 12.1. The van der Waals surface area contributed by atoms with Crippen LogP contribution in [0.4, 0.5) is 0 Å². The van der Waals surface area contributed by atoms with Gasteiger partial charge in [-0.15, -0.1) is 0 Å². The summed E-state index contributed by atoms with van der Waals surface area (Å²) in [6.45, 7) is 0.0444. The lowest BCUT2D eigenvalue weighted by molar-refractivity contribution is -0.129. The summed E-state index contributed by atoms with van der Waals surface area (Å²) < 4.78 is 24.2. The molecule has 1 N–H and O–H groups in total. The Kier molecular flexibility index (Phi) is 5.32. The highest BCUT2D eigenvalue weighted by Crippen LogP contribution is 2.35. The molecule has 6 nitrogen and oxygen atoms in total. The van der Waals surface area contributed by atoms with Crippen molar-refractivity contribution in [2.24, 2.45) is 5.41 Å². The molecule has 1 fully saturated rings. The number of carbonyl (C=O) groups is 1. The molecule has 19 heavy (non-hydrogen) atoms. The minimum absolute atomic E-state index is 0.0444. The van der Waals surface area contributed by atoms with Crippen LogP contribution in [0.5, 0.6) is 0 Å². The fraction of sp³-hybridized carbons (Fsp3) is 0.833. The molecule has 0 atom stereocenters. The second-order valence-corrected chi connectivity index (χ2v) is 7.41. The van der Waals surface area contributed by atoms with Crippen LogP contribution in [0.25, 0.3) is 0 Å². The van der Waals surface area contributed by atoms with E-state index in [1.165, 1.54) is 14.1 Å². The minimum atomic E-state index is -3.32. The summed E-state index contributed by atoms with van der Waals surface area (Å²) in [5.41, 5.74) is -0.958. The number of hydrogen-bond acceptors (Lipinski definition) is 4. The van der Waals surface area contributed by atoms with Gasteiger partial charge in [0.15, 0.2) is 0 Å². The molecular weight excluding hydrogens is 266 g/mol. The van der Waals surface area contributed by atoms with Crippen LogP contribution in [0.1, 0.15) is 32.1 Å². The first-order valence-electron chi connectivity index (χ1n) is 6.44. The number of nitrogens with zero attached hydrogens (tertiary/aromatic N) is 2. The number of nitriles is 1. The summed E-state index contributed by atoms with van der Waals surface area (Å²) in [6, 6.07) is 2.12. The van der Waals surface area contributed by atoms with E-state index in [0.717, 1.165) is 23.6 Å². The molecule has 0 aromatic rings. The third-order valence-corrected chi connectivity index (χ3v) is 5.39. The topological polar surface area (TPSA) is 90.3 Å². The highest BCUT2D eigenvalue weighted by molar-refractivity contribution is 7.89. The fourth-order valence-corrected chi connectivity index (χ4v) is 2.92. The number of nitrogens with one attached hydrogen (secondary N) is 1. The summed E-state index contributed by atoms with van der Waals surface area (Å²) in [5.74, 6) is -0.476. The van der Waals surface area contributed by atoms with Crippen LogP contribution in [0.3, 0.4) is 0 Å². The first-order chi connectivity index (χ1) is 8.84. The summed E-state index contributed by atoms with van der Waals surface area (Å²) in [5, 5.41) is 11.8. The van der Waals surface area contributed by atoms with Gasteiger partial charge in [-0.05, 0) is 12.8 Å². The molecule has 0 radical (unpaired) electrons. The van der Waals surface area contributed by atoms with E-state index in [9.17, 15) is 18.5 Å². The maximum Gasteiger partial charge on any atom is 0.240 e. The highest BCUT2D eigenvalue weighted by atomic mass is 32.2. The lowest BCUT2D eigenvalue weighted by Gasteiger charge is -2.29. The average molecular weight is 287 g/mol. The predicted molar refractivity (Wildman–Crippen MR) is 71.6 cm³/mol. The number of sulfonamides is 1. The molecule has 1 amide bonds. The molecule has 7 heteroatoms. The quantitative estimate of drug-likeness (QED) is 0.795. The molecule has 0 spiro atoms. The van der Waals surface area contributed by atoms with Crippen LogP contribution in [-0.2, 0) is 14.8 Å². The molecule has 1 aliphatic rings. The van der Waals surface area contributed by atoms with Crippen molar-refractivity contribution in [3.05, 3.63) is 0 Å². The highest BCUT2D eigenvalue weighted by Gasteiger charge is 2.39. The fourth-order valence-electron chi connectivity index (χ4n) is 2.19. The van der Waals surface area contributed by atoms with Crippen molar-refractivity contribution < 1.29 is 13.2 Å². The Hall–Kier alpha value is -1.13. The van der Waals surface area contributed by atoms with Gasteiger partial charge in [-0.25, -0.2) is 12.7 Å². The molecule has 0 aromatic carbocycles. The Morgan fingerprint density at radius 2 is 1.89 bits per heavy atom. The summed E-state index contributed by atoms with van der Waals surface area (Å²) in [6.07, 6.45) is 3.92. The van der Waals surface area contributed by atoms with Gasteiger partial charge >= 0.3 is 0 Å². The van der Waals surface area contributed by atoms with Crippen molar-refractivity contribution in [1.82, 2.24) is 9.62 Å². The number of carbonyl (C=O) groups excluding carboxylic acids is 1. The molecule has 1 rings (SSSR count). The Bertz CT molecular complexity index is 459. The van der Waals surface area contributed by atoms with Crippen LogP contribution in [0.2, 0.25) is 0 Å². The molecule has 0 aliphatic heterocycles. The average Bonchev–Trinajstić information content (AvgIpc) is 2.39. The summed E-state index contributed by atoms with van der Waals surface area (Å²) in [4.78, 5) is 12.1. The van der Waals surface area contributed by atoms with Gasteiger partial charge in [-0.3, -0.25) is 4.79 Å². The second-order valence-electron chi connectivity index (χ2n) is 5.11. The van der Waals surface area contributed by atoms with Crippen LogP contribution in [0, 0.1) is 16.7 Å². The molecule has 0 aromatic heterocycles. The minimum Gasteiger partial charge on any atom is -0.354 e. The molecule has 0 bridgehead atoms. The van der Waals surface area contributed by atoms with E-state index in [4.69, 9.17) is 0 Å². The van der Waals surface area contributed by atoms with E-state index in [1.807, 2.05) is 0 Å². The largest absolute Gasteiger partial charge is 0.354 e. The van der Waals surface area contributed by atoms with E-state index < -0.39 is 15.4 Å². The van der Waals surface area contributed by atoms with Crippen LogP contribution in [-0.4, -0.2) is 45.0 Å². The summed E-state index contributed by atoms with van der Waals surface area (Å²) in [7, 11) is -0.409. The van der Waals surface area contributed by atoms with Crippen molar-refractivity contribution in [2.45, 2.75) is 32.1 Å². The van der Waals surface area contributed by atoms with Crippen molar-refractivity contribution >= 4 is 15.9 Å². The van der Waals surface area contributed by atoms with Crippen molar-refractivity contribution in [1.29, 1.82) is 5.26 Å². The Morgan fingerprint density at radius 3 is 2.37 bits per heavy atom. The molecule has 0 heterocycles. The molecule has 108 valence electrons. The Balaban J connectivity index is 2.54. The van der Waals surface area contributed by atoms with Gasteiger partial charge < -0.3 is 5.32 Å². The van der Waals surface area contributed by atoms with Gasteiger partial charge in [-0.1, -0.05) is 19.3 Å². The first kappa shape index (κ1) is 15.9. The van der Waals surface area contributed by atoms with Gasteiger partial charge in [0.05, 0.1) is 11.8 Å². The number of rotatable bonds is 5. The van der Waals surface area contributed by atoms with E-state index in [1.54, 1.807) is 0 Å². The lowest BCUT2D eigenvalue weighted by Crippen LogP contribution is -2.43. The third kappa shape index (κ3) is 3.91. The lowest BCUT2D eigenvalue weighted by atomic mass is 9.74. The van der Waals surface area contributed by atoms with Gasteiger partial charge in [0.25, 0.3) is 0 Å². The molecule has 0 unspecified atom stereocenters. The molecule has 1 aliphatic carbocycles. The Morgan fingerprint density at radius 1 is 1.32 bits per heavy atom. The third-order valence-electron chi connectivity index (χ3n) is 3.56. The van der Waals surface area contributed by atoms with Crippen molar-refractivity contribution in [3.8, 4) is 6.07 Å². The zero-order chi connectivity index (χ0) is 14.5. The SMILES string of the molecule is CN(C)S(=O)(=O)CCNC(=O)C1(C#N)CCCCC1. The van der Waals surface area contributed by atoms with Crippen LogP contribution in [0.15, 0.2) is 0 Å².